The van der Waals surface area contributed by atoms with Crippen LogP contribution in [0.15, 0.2) is 246 Å². The summed E-state index contributed by atoms with van der Waals surface area (Å²) >= 11 is 1.78. The SMILES string of the molecule is c1ccc(-c2nc(-c3ccccc3)nc(N3c4ccccc4Sc4cc(-c5cccc(-c6ccc7c8ccccc8n(-c8ccc9c%10ccccc%10c%10ccccc%10c9c8)c7c6)c5)ccc43)n2)cc1. The van der Waals surface area contributed by atoms with Gasteiger partial charge in [-0.05, 0) is 109 Å². The Hall–Kier alpha value is -8.84. The van der Waals surface area contributed by atoms with Crippen molar-refractivity contribution >= 4 is 83.2 Å². The fourth-order valence-electron chi connectivity index (χ4n) is 10.4. The molecule has 5 nitrogen and oxygen atoms in total. The molecule has 0 N–H and O–H groups in total. The molecule has 0 amide bonds. The zero-order valence-electron chi connectivity index (χ0n) is 37.2. The van der Waals surface area contributed by atoms with E-state index in [4.69, 9.17) is 15.0 Å². The maximum absolute atomic E-state index is 5.17. The molecule has 0 saturated heterocycles. The van der Waals surface area contributed by atoms with Crippen molar-refractivity contribution < 1.29 is 0 Å². The standard InChI is InChI=1S/C63H39N5S/c1-3-16-40(17-4-1)61-64-62(41-18-5-2-6-19-41)66-63(65-61)68-56-28-13-14-29-59(56)69-60-38-45(31-35-57(60)68)43-21-15-20-42(36-43)44-30-33-53-52-26-11-12-27-55(52)67(58(53)37-44)46-32-34-51-49-24-8-7-22-47(49)48-23-9-10-25-50(48)54(51)39-46/h1-39H. The molecule has 0 fully saturated rings. The van der Waals surface area contributed by atoms with Gasteiger partial charge in [0.15, 0.2) is 11.6 Å². The summed E-state index contributed by atoms with van der Waals surface area (Å²) in [7, 11) is 0. The zero-order valence-corrected chi connectivity index (χ0v) is 38.0. The number of hydrogen-bond donors (Lipinski definition) is 0. The molecule has 0 spiro atoms. The first-order valence-corrected chi connectivity index (χ1v) is 24.1. The van der Waals surface area contributed by atoms with Gasteiger partial charge in [-0.2, -0.15) is 9.97 Å². The maximum Gasteiger partial charge on any atom is 0.238 e. The van der Waals surface area contributed by atoms with E-state index in [9.17, 15) is 0 Å². The average Bonchev–Trinajstić information content (AvgIpc) is 3.76. The molecule has 0 radical (unpaired) electrons. The van der Waals surface area contributed by atoms with Gasteiger partial charge < -0.3 is 4.57 Å². The van der Waals surface area contributed by atoms with Crippen molar-refractivity contribution in [3.8, 4) is 50.7 Å². The molecule has 0 saturated carbocycles. The van der Waals surface area contributed by atoms with Crippen LogP contribution in [0.25, 0.3) is 105 Å². The number of rotatable bonds is 6. The Kier molecular flexibility index (Phi) is 9.07. The largest absolute Gasteiger partial charge is 0.309 e. The lowest BCUT2D eigenvalue weighted by Crippen LogP contribution is -2.18. The number of benzene rings is 11. The van der Waals surface area contributed by atoms with Crippen molar-refractivity contribution in [1.82, 2.24) is 19.5 Å². The second kappa shape index (κ2) is 15.9. The Bertz CT molecular complexity index is 4090. The molecule has 11 aromatic carbocycles. The summed E-state index contributed by atoms with van der Waals surface area (Å²) in [5.41, 5.74) is 12.0. The summed E-state index contributed by atoms with van der Waals surface area (Å²) in [5.74, 6) is 1.83. The highest BCUT2D eigenvalue weighted by Crippen LogP contribution is 2.52. The highest BCUT2D eigenvalue weighted by atomic mass is 32.2. The van der Waals surface area contributed by atoms with Gasteiger partial charge in [0.1, 0.15) is 0 Å². The van der Waals surface area contributed by atoms with Gasteiger partial charge in [-0.25, -0.2) is 4.98 Å². The van der Waals surface area contributed by atoms with Gasteiger partial charge in [0, 0.05) is 37.4 Å². The Morgan fingerprint density at radius 1 is 0.290 bits per heavy atom. The van der Waals surface area contributed by atoms with E-state index >= 15 is 0 Å². The first kappa shape index (κ1) is 39.3. The third kappa shape index (κ3) is 6.52. The van der Waals surface area contributed by atoms with Gasteiger partial charge in [-0.1, -0.05) is 194 Å². The monoisotopic (exact) mass is 897 g/mol. The summed E-state index contributed by atoms with van der Waals surface area (Å²) in [5, 5.41) is 10.1. The van der Waals surface area contributed by atoms with Crippen LogP contribution in [-0.2, 0) is 0 Å². The number of nitrogens with zero attached hydrogens (tertiary/aromatic N) is 5. The van der Waals surface area contributed by atoms with Crippen molar-refractivity contribution in [2.75, 3.05) is 4.90 Å². The lowest BCUT2D eigenvalue weighted by atomic mass is 9.94. The van der Waals surface area contributed by atoms with Crippen molar-refractivity contribution in [3.05, 3.63) is 237 Å². The minimum Gasteiger partial charge on any atom is -0.309 e. The molecule has 6 heteroatoms. The summed E-state index contributed by atoms with van der Waals surface area (Å²) in [6.07, 6.45) is 0. The lowest BCUT2D eigenvalue weighted by molar-refractivity contribution is 1.00. The summed E-state index contributed by atoms with van der Waals surface area (Å²) < 4.78 is 2.45. The Morgan fingerprint density at radius 3 is 1.48 bits per heavy atom. The van der Waals surface area contributed by atoms with Crippen molar-refractivity contribution in [3.63, 3.8) is 0 Å². The van der Waals surface area contributed by atoms with Crippen LogP contribution in [0.3, 0.4) is 0 Å². The van der Waals surface area contributed by atoms with Crippen LogP contribution in [0.5, 0.6) is 0 Å². The van der Waals surface area contributed by atoms with Crippen LogP contribution in [-0.4, -0.2) is 19.5 Å². The summed E-state index contributed by atoms with van der Waals surface area (Å²) in [6.45, 7) is 0. The van der Waals surface area contributed by atoms with Crippen molar-refractivity contribution in [2.45, 2.75) is 9.79 Å². The van der Waals surface area contributed by atoms with Gasteiger partial charge in [0.2, 0.25) is 5.95 Å². The lowest BCUT2D eigenvalue weighted by Gasteiger charge is -2.31. The minimum absolute atomic E-state index is 0.574. The third-order valence-electron chi connectivity index (χ3n) is 13.6. The van der Waals surface area contributed by atoms with Gasteiger partial charge in [-0.3, -0.25) is 4.90 Å². The number of fused-ring (bicyclic) bond motifs is 11. The van der Waals surface area contributed by atoms with E-state index in [0.717, 1.165) is 60.2 Å². The normalized spacial score (nSPS) is 12.3. The van der Waals surface area contributed by atoms with E-state index in [0.29, 0.717) is 17.6 Å². The molecule has 2 aromatic heterocycles. The topological polar surface area (TPSA) is 46.8 Å². The zero-order chi connectivity index (χ0) is 45.4. The van der Waals surface area contributed by atoms with E-state index in [1.807, 2.05) is 60.7 Å². The van der Waals surface area contributed by atoms with Gasteiger partial charge in [-0.15, -0.1) is 0 Å². The predicted octanol–water partition coefficient (Wildman–Crippen LogP) is 17.0. The first-order valence-electron chi connectivity index (χ1n) is 23.3. The number of hydrogen-bond acceptors (Lipinski definition) is 5. The molecule has 322 valence electrons. The fourth-order valence-corrected chi connectivity index (χ4v) is 11.5. The van der Waals surface area contributed by atoms with Crippen LogP contribution >= 0.6 is 11.8 Å². The van der Waals surface area contributed by atoms with Crippen LogP contribution in [0.1, 0.15) is 0 Å². The average molecular weight is 898 g/mol. The maximum atomic E-state index is 5.17. The van der Waals surface area contributed by atoms with Crippen LogP contribution < -0.4 is 4.90 Å². The summed E-state index contributed by atoms with van der Waals surface area (Å²) in [6, 6.07) is 84.8. The predicted molar refractivity (Wildman–Crippen MR) is 287 cm³/mol. The fraction of sp³-hybridized carbons (Fsp3) is 0. The number of para-hydroxylation sites is 2. The van der Waals surface area contributed by atoms with E-state index in [1.165, 1.54) is 54.1 Å². The number of anilines is 3. The molecular weight excluding hydrogens is 859 g/mol. The van der Waals surface area contributed by atoms with Crippen molar-refractivity contribution in [2.24, 2.45) is 0 Å². The number of aromatic nitrogens is 4. The molecule has 13 aromatic rings. The molecule has 0 aliphatic carbocycles. The smallest absolute Gasteiger partial charge is 0.238 e. The molecule has 3 heterocycles. The van der Waals surface area contributed by atoms with E-state index in [-0.39, 0.29) is 0 Å². The first-order chi connectivity index (χ1) is 34.2. The minimum atomic E-state index is 0.574. The second-order valence-corrected chi connectivity index (χ2v) is 18.7. The van der Waals surface area contributed by atoms with Crippen LogP contribution in [0, 0.1) is 0 Å². The highest BCUT2D eigenvalue weighted by Gasteiger charge is 2.28. The Morgan fingerprint density at radius 2 is 0.783 bits per heavy atom. The third-order valence-corrected chi connectivity index (χ3v) is 14.7. The highest BCUT2D eigenvalue weighted by molar-refractivity contribution is 7.99. The molecule has 0 atom stereocenters. The van der Waals surface area contributed by atoms with E-state index < -0.39 is 0 Å². The summed E-state index contributed by atoms with van der Waals surface area (Å²) in [4.78, 5) is 19.8. The molecule has 0 unspecified atom stereocenters. The van der Waals surface area contributed by atoms with Crippen LogP contribution in [0.4, 0.5) is 17.3 Å². The molecule has 0 bridgehead atoms. The second-order valence-electron chi connectivity index (χ2n) is 17.6. The quantitative estimate of drug-likeness (QED) is 0.156. The van der Waals surface area contributed by atoms with Gasteiger partial charge in [0.05, 0.1) is 22.4 Å². The van der Waals surface area contributed by atoms with Gasteiger partial charge >= 0.3 is 0 Å². The molecule has 14 rings (SSSR count). The Balaban J connectivity index is 0.877. The Labute approximate surface area is 402 Å². The van der Waals surface area contributed by atoms with Gasteiger partial charge in [0.25, 0.3) is 0 Å². The van der Waals surface area contributed by atoms with E-state index in [2.05, 4.69) is 185 Å². The van der Waals surface area contributed by atoms with Crippen LogP contribution in [0.2, 0.25) is 0 Å². The molecule has 1 aliphatic heterocycles. The molecule has 69 heavy (non-hydrogen) atoms. The van der Waals surface area contributed by atoms with Crippen molar-refractivity contribution in [1.29, 1.82) is 0 Å². The molecular formula is C63H39N5S. The van der Waals surface area contributed by atoms with E-state index in [1.54, 1.807) is 11.8 Å². The molecule has 1 aliphatic rings.